The average Bonchev–Trinajstić information content (AvgIpc) is 2.62. The second kappa shape index (κ2) is 4.64. The molecule has 2 N–H and O–H groups in total. The predicted octanol–water partition coefficient (Wildman–Crippen LogP) is 3.44. The van der Waals surface area contributed by atoms with Gasteiger partial charge in [-0.3, -0.25) is 0 Å². The molecule has 0 amide bonds. The van der Waals surface area contributed by atoms with E-state index in [1.54, 1.807) is 0 Å². The molecule has 0 aromatic carbocycles. The molecule has 2 aromatic rings. The summed E-state index contributed by atoms with van der Waals surface area (Å²) in [4.78, 5) is 4.94. The van der Waals surface area contributed by atoms with Crippen LogP contribution in [0, 0.1) is 0 Å². The third-order valence-corrected chi connectivity index (χ3v) is 7.29. The van der Waals surface area contributed by atoms with Crippen molar-refractivity contribution < 1.29 is 0 Å². The molecule has 2 heterocycles. The van der Waals surface area contributed by atoms with Crippen LogP contribution in [-0.4, -0.2) is 19.5 Å². The van der Waals surface area contributed by atoms with Gasteiger partial charge >= 0.3 is 121 Å². The van der Waals surface area contributed by atoms with Gasteiger partial charge in [-0.1, -0.05) is 0 Å². The fourth-order valence-electron chi connectivity index (χ4n) is 2.79. The van der Waals surface area contributed by atoms with Crippen LogP contribution in [0.15, 0.2) is 6.07 Å². The molecule has 0 aliphatic heterocycles. The molecule has 0 bridgehead atoms. The number of aromatic nitrogens is 1. The molecule has 102 valence electrons. The van der Waals surface area contributed by atoms with Gasteiger partial charge in [0.05, 0.1) is 0 Å². The summed E-state index contributed by atoms with van der Waals surface area (Å²) in [5.41, 5.74) is 11.6. The monoisotopic (exact) mass is 322 g/mol. The van der Waals surface area contributed by atoms with Gasteiger partial charge in [0.25, 0.3) is 0 Å². The number of anilines is 1. The third-order valence-electron chi connectivity index (χ3n) is 3.97. The average molecular weight is 321 g/mol. The van der Waals surface area contributed by atoms with Gasteiger partial charge in [-0.25, -0.2) is 0 Å². The number of fused-ring (bicyclic) bond motifs is 2. The van der Waals surface area contributed by atoms with Crippen LogP contribution in [0.25, 0.3) is 9.78 Å². The molecule has 0 fully saturated rings. The summed E-state index contributed by atoms with van der Waals surface area (Å²) in [7, 11) is 0. The van der Waals surface area contributed by atoms with E-state index >= 15 is 0 Å². The van der Waals surface area contributed by atoms with Crippen molar-refractivity contribution in [1.29, 1.82) is 0 Å². The fourth-order valence-corrected chi connectivity index (χ4v) is 5.18. The van der Waals surface area contributed by atoms with Crippen LogP contribution in [-0.2, 0) is 18.3 Å². The molecular formula is C16H22N2Se. The minimum absolute atomic E-state index is 0.241. The van der Waals surface area contributed by atoms with Crippen molar-refractivity contribution in [2.75, 3.05) is 5.73 Å². The van der Waals surface area contributed by atoms with Crippen molar-refractivity contribution in [3.63, 3.8) is 0 Å². The molecule has 19 heavy (non-hydrogen) atoms. The molecule has 1 aliphatic carbocycles. The first kappa shape index (κ1) is 13.2. The predicted molar refractivity (Wildman–Crippen MR) is 83.1 cm³/mol. The molecule has 3 heteroatoms. The van der Waals surface area contributed by atoms with E-state index in [0.29, 0.717) is 14.5 Å². The Morgan fingerprint density at radius 2 is 1.89 bits per heavy atom. The maximum absolute atomic E-state index is 6.47. The fraction of sp³-hybridized carbons (Fsp3) is 0.562. The van der Waals surface area contributed by atoms with Gasteiger partial charge in [0, 0.05) is 0 Å². The number of aryl methyl sites for hydroxylation is 1. The summed E-state index contributed by atoms with van der Waals surface area (Å²) in [5, 5.41) is 0. The van der Waals surface area contributed by atoms with E-state index in [1.807, 2.05) is 0 Å². The summed E-state index contributed by atoms with van der Waals surface area (Å²) in [6.07, 6.45) is 6.08. The first-order valence-electron chi connectivity index (χ1n) is 7.18. The molecule has 3 rings (SSSR count). The number of nitrogens with two attached hydrogens (primary N) is 1. The first-order chi connectivity index (χ1) is 8.97. The zero-order chi connectivity index (χ0) is 13.6. The summed E-state index contributed by atoms with van der Waals surface area (Å²) >= 11 is 0.367. The van der Waals surface area contributed by atoms with Gasteiger partial charge in [0.2, 0.25) is 0 Å². The molecule has 0 saturated heterocycles. The zero-order valence-electron chi connectivity index (χ0n) is 12.0. The number of hydrogen-bond donors (Lipinski definition) is 1. The number of rotatable bonds is 0. The van der Waals surface area contributed by atoms with Crippen molar-refractivity contribution in [3.8, 4) is 0 Å². The van der Waals surface area contributed by atoms with Crippen LogP contribution >= 0.6 is 0 Å². The summed E-state index contributed by atoms with van der Waals surface area (Å²) < 4.78 is 2.87. The molecular weight excluding hydrogens is 299 g/mol. The Kier molecular flexibility index (Phi) is 3.23. The van der Waals surface area contributed by atoms with E-state index in [1.165, 1.54) is 44.7 Å². The van der Waals surface area contributed by atoms with Gasteiger partial charge in [-0.05, 0) is 0 Å². The van der Waals surface area contributed by atoms with Crippen molar-refractivity contribution in [2.24, 2.45) is 0 Å². The van der Waals surface area contributed by atoms with Crippen LogP contribution in [0.1, 0.15) is 55.7 Å². The van der Waals surface area contributed by atoms with Crippen molar-refractivity contribution in [2.45, 2.75) is 58.3 Å². The van der Waals surface area contributed by atoms with Crippen LogP contribution < -0.4 is 5.73 Å². The van der Waals surface area contributed by atoms with Crippen molar-refractivity contribution in [1.82, 2.24) is 4.98 Å². The first-order valence-corrected chi connectivity index (χ1v) is 8.89. The standard InChI is InChI=1S/C16H22N2Se/c1-16(2,3)13-9-12-15(19-13)14(17)10-7-5-4-6-8-11(10)18-12/h9H,4-8H2,1-3H3,(H2,17,18). The Morgan fingerprint density at radius 3 is 2.63 bits per heavy atom. The second-order valence-corrected chi connectivity index (χ2v) is 8.79. The summed E-state index contributed by atoms with van der Waals surface area (Å²) in [6, 6.07) is 2.30. The van der Waals surface area contributed by atoms with Gasteiger partial charge < -0.3 is 0 Å². The van der Waals surface area contributed by atoms with Crippen LogP contribution in [0.5, 0.6) is 0 Å². The maximum atomic E-state index is 6.47. The normalized spacial score (nSPS) is 16.4. The van der Waals surface area contributed by atoms with E-state index < -0.39 is 0 Å². The Hall–Kier alpha value is -0.791. The topological polar surface area (TPSA) is 38.9 Å². The number of nitrogen functional groups attached to an aromatic ring is 1. The van der Waals surface area contributed by atoms with Crippen LogP contribution in [0.2, 0.25) is 0 Å². The Morgan fingerprint density at radius 1 is 1.16 bits per heavy atom. The Bertz CT molecular complexity index is 620. The summed E-state index contributed by atoms with van der Waals surface area (Å²) in [6.45, 7) is 6.86. The van der Waals surface area contributed by atoms with E-state index in [9.17, 15) is 0 Å². The third kappa shape index (κ3) is 2.34. The molecule has 2 nitrogen and oxygen atoms in total. The van der Waals surface area contributed by atoms with Crippen LogP contribution in [0.4, 0.5) is 5.69 Å². The molecule has 0 saturated carbocycles. The Labute approximate surface area is 121 Å². The van der Waals surface area contributed by atoms with Crippen molar-refractivity contribution in [3.05, 3.63) is 21.8 Å². The molecule has 0 radical (unpaired) electrons. The van der Waals surface area contributed by atoms with Crippen LogP contribution in [0.3, 0.4) is 0 Å². The molecule has 1 aliphatic rings. The molecule has 2 aromatic heterocycles. The molecule has 0 unspecified atom stereocenters. The number of nitrogens with zero attached hydrogens (tertiary/aromatic N) is 1. The number of hydrogen-bond acceptors (Lipinski definition) is 2. The van der Waals surface area contributed by atoms with E-state index in [-0.39, 0.29) is 5.41 Å². The minimum atomic E-state index is 0.241. The van der Waals surface area contributed by atoms with Gasteiger partial charge in [0.1, 0.15) is 0 Å². The Balaban J connectivity index is 2.21. The van der Waals surface area contributed by atoms with Gasteiger partial charge in [-0.2, -0.15) is 0 Å². The van der Waals surface area contributed by atoms with Gasteiger partial charge in [0.15, 0.2) is 0 Å². The van der Waals surface area contributed by atoms with E-state index in [0.717, 1.165) is 18.5 Å². The van der Waals surface area contributed by atoms with E-state index in [4.69, 9.17) is 10.7 Å². The van der Waals surface area contributed by atoms with Gasteiger partial charge in [-0.15, -0.1) is 0 Å². The SMILES string of the molecule is CC(C)(C)c1cc2nc3c(c(N)c2[se]1)CCCCC3. The second-order valence-electron chi connectivity index (χ2n) is 6.59. The zero-order valence-corrected chi connectivity index (χ0v) is 13.8. The molecule has 0 spiro atoms. The van der Waals surface area contributed by atoms with Crippen molar-refractivity contribution >= 4 is 30.0 Å². The number of pyridine rings is 1. The van der Waals surface area contributed by atoms with E-state index in [2.05, 4.69) is 26.8 Å². The summed E-state index contributed by atoms with van der Waals surface area (Å²) in [5.74, 6) is 0. The quantitative estimate of drug-likeness (QED) is 0.596. The molecule has 0 atom stereocenters.